The van der Waals surface area contributed by atoms with Gasteiger partial charge >= 0.3 is 0 Å². The van der Waals surface area contributed by atoms with E-state index in [1.54, 1.807) is 0 Å². The van der Waals surface area contributed by atoms with Crippen LogP contribution in [-0.2, 0) is 0 Å². The van der Waals surface area contributed by atoms with E-state index in [1.165, 1.54) is 51.9 Å². The Kier molecular flexibility index (Phi) is 3.69. The molecule has 3 fully saturated rings. The first kappa shape index (κ1) is 11.9. The molecule has 3 atom stereocenters. The molecule has 0 aromatic heterocycles. The fourth-order valence-electron chi connectivity index (χ4n) is 4.27. The molecule has 1 heterocycles. The Morgan fingerprint density at radius 3 is 2.41 bits per heavy atom. The summed E-state index contributed by atoms with van der Waals surface area (Å²) < 4.78 is 0. The Bertz CT molecular complexity index is 251. The second kappa shape index (κ2) is 5.25. The molecule has 0 aromatic rings. The van der Waals surface area contributed by atoms with Crippen LogP contribution < -0.4 is 0 Å². The van der Waals surface area contributed by atoms with E-state index in [0.717, 1.165) is 30.8 Å². The third-order valence-electron chi connectivity index (χ3n) is 5.21. The zero-order valence-electron chi connectivity index (χ0n) is 10.9. The van der Waals surface area contributed by atoms with Crippen LogP contribution in [0.15, 0.2) is 0 Å². The highest BCUT2D eigenvalue weighted by atomic mass is 16.3. The number of hydrogen-bond acceptors (Lipinski definition) is 3. The van der Waals surface area contributed by atoms with Gasteiger partial charge < -0.3 is 10.0 Å². The number of hydrogen-bond donors (Lipinski definition) is 1. The Morgan fingerprint density at radius 1 is 1.00 bits per heavy atom. The number of piperazine rings is 1. The number of aliphatic hydroxyl groups excluding tert-OH is 1. The lowest BCUT2D eigenvalue weighted by atomic mass is 9.93. The molecule has 0 spiro atoms. The predicted octanol–water partition coefficient (Wildman–Crippen LogP) is 1.17. The van der Waals surface area contributed by atoms with E-state index >= 15 is 0 Å². The molecule has 3 nitrogen and oxygen atoms in total. The highest BCUT2D eigenvalue weighted by molar-refractivity contribution is 4.96. The molecule has 0 unspecified atom stereocenters. The third-order valence-corrected chi connectivity index (χ3v) is 5.21. The van der Waals surface area contributed by atoms with E-state index < -0.39 is 0 Å². The molecule has 3 aliphatic rings. The van der Waals surface area contributed by atoms with Crippen molar-refractivity contribution in [1.29, 1.82) is 0 Å². The van der Waals surface area contributed by atoms with Crippen LogP contribution in [0, 0.1) is 11.8 Å². The number of aliphatic hydroxyl groups is 1. The highest BCUT2D eigenvalue weighted by Crippen LogP contribution is 2.46. The summed E-state index contributed by atoms with van der Waals surface area (Å²) in [6.45, 7) is 6.38. The van der Waals surface area contributed by atoms with Gasteiger partial charge in [-0.15, -0.1) is 0 Å². The molecule has 2 aliphatic carbocycles. The van der Waals surface area contributed by atoms with Crippen LogP contribution >= 0.6 is 0 Å². The van der Waals surface area contributed by atoms with Crippen LogP contribution in [0.5, 0.6) is 0 Å². The second-order valence-electron chi connectivity index (χ2n) is 6.20. The Morgan fingerprint density at radius 2 is 1.82 bits per heavy atom. The molecular weight excluding hydrogens is 212 g/mol. The molecule has 0 amide bonds. The van der Waals surface area contributed by atoms with Crippen molar-refractivity contribution in [3.8, 4) is 0 Å². The molecule has 2 saturated carbocycles. The van der Waals surface area contributed by atoms with Gasteiger partial charge in [0.2, 0.25) is 0 Å². The van der Waals surface area contributed by atoms with Crippen LogP contribution in [0.1, 0.15) is 32.1 Å². The van der Waals surface area contributed by atoms with E-state index in [9.17, 15) is 0 Å². The van der Waals surface area contributed by atoms with Crippen molar-refractivity contribution in [3.05, 3.63) is 0 Å². The van der Waals surface area contributed by atoms with Crippen molar-refractivity contribution >= 4 is 0 Å². The highest BCUT2D eigenvalue weighted by Gasteiger charge is 2.42. The molecule has 0 radical (unpaired) electrons. The minimum atomic E-state index is 0.340. The van der Waals surface area contributed by atoms with Crippen molar-refractivity contribution in [2.24, 2.45) is 11.8 Å². The first-order valence-electron chi connectivity index (χ1n) is 7.44. The van der Waals surface area contributed by atoms with Gasteiger partial charge in [-0.3, -0.25) is 4.90 Å². The summed E-state index contributed by atoms with van der Waals surface area (Å²) in [7, 11) is 0. The zero-order chi connectivity index (χ0) is 11.7. The number of rotatable bonds is 4. The van der Waals surface area contributed by atoms with Crippen molar-refractivity contribution < 1.29 is 5.11 Å². The van der Waals surface area contributed by atoms with E-state index in [1.807, 2.05) is 0 Å². The molecule has 98 valence electrons. The smallest absolute Gasteiger partial charge is 0.0443 e. The maximum absolute atomic E-state index is 8.86. The summed E-state index contributed by atoms with van der Waals surface area (Å²) in [6.07, 6.45) is 6.96. The van der Waals surface area contributed by atoms with Crippen LogP contribution in [0.4, 0.5) is 0 Å². The average molecular weight is 238 g/mol. The van der Waals surface area contributed by atoms with Crippen molar-refractivity contribution in [1.82, 2.24) is 9.80 Å². The molecular formula is C14H26N2O. The largest absolute Gasteiger partial charge is 0.396 e. The molecule has 0 aromatic carbocycles. The van der Waals surface area contributed by atoms with Gasteiger partial charge in [0.1, 0.15) is 0 Å². The van der Waals surface area contributed by atoms with Gasteiger partial charge in [0, 0.05) is 45.4 Å². The normalized spacial score (nSPS) is 39.0. The summed E-state index contributed by atoms with van der Waals surface area (Å²) in [5.74, 6) is 2.10. The SMILES string of the molecule is OCCCN1CCN([C@@H]2C[C@@H]3CC[C@@H]2C3)CC1. The molecule has 1 saturated heterocycles. The third kappa shape index (κ3) is 2.51. The monoisotopic (exact) mass is 238 g/mol. The van der Waals surface area contributed by atoms with E-state index in [2.05, 4.69) is 9.80 Å². The molecule has 2 bridgehead atoms. The minimum absolute atomic E-state index is 0.340. The Labute approximate surface area is 105 Å². The standard InChI is InChI=1S/C14H26N2O/c17-9-1-4-15-5-7-16(8-6-15)14-11-12-2-3-13(14)10-12/h12-14,17H,1-11H2/t12-,13-,14-/m1/s1. The molecule has 3 rings (SSSR count). The summed E-state index contributed by atoms with van der Waals surface area (Å²) in [4.78, 5) is 5.28. The summed E-state index contributed by atoms with van der Waals surface area (Å²) >= 11 is 0. The van der Waals surface area contributed by atoms with Gasteiger partial charge in [-0.2, -0.15) is 0 Å². The maximum Gasteiger partial charge on any atom is 0.0443 e. The van der Waals surface area contributed by atoms with E-state index in [4.69, 9.17) is 5.11 Å². The second-order valence-corrected chi connectivity index (χ2v) is 6.20. The van der Waals surface area contributed by atoms with Crippen molar-refractivity contribution in [3.63, 3.8) is 0 Å². The number of fused-ring (bicyclic) bond motifs is 2. The molecule has 17 heavy (non-hydrogen) atoms. The lowest BCUT2D eigenvalue weighted by Crippen LogP contribution is -2.51. The van der Waals surface area contributed by atoms with E-state index in [-0.39, 0.29) is 0 Å². The lowest BCUT2D eigenvalue weighted by Gasteiger charge is -2.41. The van der Waals surface area contributed by atoms with Crippen molar-refractivity contribution in [2.45, 2.75) is 38.1 Å². The zero-order valence-corrected chi connectivity index (χ0v) is 10.9. The van der Waals surface area contributed by atoms with Gasteiger partial charge in [-0.1, -0.05) is 6.42 Å². The first-order chi connectivity index (χ1) is 8.36. The fourth-order valence-corrected chi connectivity index (χ4v) is 4.27. The Balaban J connectivity index is 1.45. The fraction of sp³-hybridized carbons (Fsp3) is 1.00. The van der Waals surface area contributed by atoms with Crippen LogP contribution in [0.3, 0.4) is 0 Å². The van der Waals surface area contributed by atoms with E-state index in [0.29, 0.717) is 6.61 Å². The predicted molar refractivity (Wildman–Crippen MR) is 69.0 cm³/mol. The Hall–Kier alpha value is -0.120. The van der Waals surface area contributed by atoms with Crippen LogP contribution in [-0.4, -0.2) is 60.3 Å². The topological polar surface area (TPSA) is 26.7 Å². The molecule has 3 heteroatoms. The van der Waals surface area contributed by atoms with Gasteiger partial charge in [-0.05, 0) is 37.5 Å². The molecule has 1 N–H and O–H groups in total. The molecule has 1 aliphatic heterocycles. The summed E-state index contributed by atoms with van der Waals surface area (Å²) in [5.41, 5.74) is 0. The minimum Gasteiger partial charge on any atom is -0.396 e. The quantitative estimate of drug-likeness (QED) is 0.796. The van der Waals surface area contributed by atoms with Crippen LogP contribution in [0.2, 0.25) is 0 Å². The van der Waals surface area contributed by atoms with Gasteiger partial charge in [-0.25, -0.2) is 0 Å². The average Bonchev–Trinajstić information content (AvgIpc) is 2.99. The first-order valence-corrected chi connectivity index (χ1v) is 7.44. The summed E-state index contributed by atoms with van der Waals surface area (Å²) in [6, 6.07) is 0.925. The van der Waals surface area contributed by atoms with Gasteiger partial charge in [0.15, 0.2) is 0 Å². The lowest BCUT2D eigenvalue weighted by molar-refractivity contribution is 0.0683. The number of nitrogens with zero attached hydrogens (tertiary/aromatic N) is 2. The van der Waals surface area contributed by atoms with Crippen LogP contribution in [0.25, 0.3) is 0 Å². The van der Waals surface area contributed by atoms with Gasteiger partial charge in [0.05, 0.1) is 0 Å². The van der Waals surface area contributed by atoms with Crippen molar-refractivity contribution in [2.75, 3.05) is 39.3 Å². The maximum atomic E-state index is 8.86. The summed E-state index contributed by atoms with van der Waals surface area (Å²) in [5, 5.41) is 8.86. The van der Waals surface area contributed by atoms with Gasteiger partial charge in [0.25, 0.3) is 0 Å².